The summed E-state index contributed by atoms with van der Waals surface area (Å²) >= 11 is 0. The Morgan fingerprint density at radius 3 is 1.60 bits per heavy atom. The van der Waals surface area contributed by atoms with Crippen LogP contribution in [0.4, 0.5) is 0 Å². The predicted octanol–water partition coefficient (Wildman–Crippen LogP) is 10.8. The van der Waals surface area contributed by atoms with Gasteiger partial charge in [0.05, 0.1) is 32.5 Å². The van der Waals surface area contributed by atoms with Crippen molar-refractivity contribution in [2.45, 2.75) is 124 Å². The standard InChI is InChI=1S/C63H74O34S5/c1-34(2)9-6-10-35(3)43-15-16-44-42-14-13-38-29-39(19-21-62(38,4)45(42)20-22-63(43,44)5)83-23-7-24-84-48-27-36(12-18-47(48)92-99(71,72)73)58-60(94-101(77,78)79)56(64)54-50(30-40(89-96-66)31-52(54)87-58)85-25-8-26-86-51-32-41(91-98(68,69)70)33-53-55(51)57(65)61(95-102(80,81)82)59(88-53)37-11-17-46(90-97-67)49(28-37)93-100(74,75)76/h11-13,17-18,27-28,30-35,39,42-45,66-67H,6-10,14-16,19-26,29H2,1-5H3,(H,68,69,70)(H,71,72,73)(H,74,75,76)(H,77,78,79)(H,80,81,82)/t35-,39?,42+,43-,44+,45+,62+,63-/m1/s1. The summed E-state index contributed by atoms with van der Waals surface area (Å²) in [5, 5.41) is 24.0. The van der Waals surface area contributed by atoms with Crippen LogP contribution >= 0.6 is 0 Å². The van der Waals surface area contributed by atoms with E-state index in [0.29, 0.717) is 53.2 Å². The summed E-state index contributed by atoms with van der Waals surface area (Å²) in [5.74, 6) is -5.77. The van der Waals surface area contributed by atoms with Crippen LogP contribution in [-0.4, -0.2) is 108 Å². The van der Waals surface area contributed by atoms with E-state index in [0.717, 1.165) is 74.1 Å². The molecule has 34 nitrogen and oxygen atoms in total. The van der Waals surface area contributed by atoms with Crippen molar-refractivity contribution in [1.29, 1.82) is 0 Å². The number of hydrogen-bond donors (Lipinski definition) is 7. The fraction of sp³-hybridized carbons (Fsp3) is 0.492. The van der Waals surface area contributed by atoms with Gasteiger partial charge in [-0.05, 0) is 144 Å². The third-order valence-corrected chi connectivity index (χ3v) is 21.3. The Morgan fingerprint density at radius 1 is 0.520 bits per heavy atom. The lowest BCUT2D eigenvalue weighted by molar-refractivity contribution is -0.439. The maximum atomic E-state index is 14.6. The zero-order valence-electron chi connectivity index (χ0n) is 55.1. The molecule has 3 saturated carbocycles. The molecule has 0 spiro atoms. The highest BCUT2D eigenvalue weighted by Gasteiger charge is 2.59. The molecular formula is C63H74O34S5. The third-order valence-electron chi connectivity index (χ3n) is 19.4. The van der Waals surface area contributed by atoms with E-state index in [-0.39, 0.29) is 43.1 Å². The fourth-order valence-electron chi connectivity index (χ4n) is 15.3. The zero-order valence-corrected chi connectivity index (χ0v) is 59.2. The normalized spacial score (nSPS) is 21.9. The second kappa shape index (κ2) is 30.6. The first-order valence-electron chi connectivity index (χ1n) is 31.9. The lowest BCUT2D eigenvalue weighted by Gasteiger charge is -2.58. The topological polar surface area (TPSA) is 493 Å². The molecule has 2 heterocycles. The molecule has 4 aliphatic carbocycles. The molecule has 3 fully saturated rings. The molecule has 0 amide bonds. The summed E-state index contributed by atoms with van der Waals surface area (Å²) in [6, 6.07) is 8.35. The smallest absolute Gasteiger partial charge is 0.446 e. The molecule has 10 rings (SSSR count). The Balaban J connectivity index is 0.864. The van der Waals surface area contributed by atoms with Gasteiger partial charge < -0.3 is 58.5 Å². The van der Waals surface area contributed by atoms with Gasteiger partial charge in [-0.2, -0.15) is 42.1 Å². The Kier molecular flexibility index (Phi) is 23.1. The summed E-state index contributed by atoms with van der Waals surface area (Å²) in [5.41, 5.74) is -3.30. The highest BCUT2D eigenvalue weighted by atomic mass is 32.3. The second-order valence-electron chi connectivity index (χ2n) is 26.2. The maximum Gasteiger partial charge on any atom is 0.446 e. The van der Waals surface area contributed by atoms with Crippen molar-refractivity contribution >= 4 is 73.9 Å². The van der Waals surface area contributed by atoms with Crippen molar-refractivity contribution in [2.75, 3.05) is 26.4 Å². The Hall–Kier alpha value is -7.61. The average molecular weight is 1540 g/mol. The molecule has 0 bridgehead atoms. The fourth-order valence-corrected chi connectivity index (χ4v) is 17.1. The van der Waals surface area contributed by atoms with E-state index in [1.807, 2.05) is 0 Å². The van der Waals surface area contributed by atoms with Crippen molar-refractivity contribution < 1.29 is 144 Å². The van der Waals surface area contributed by atoms with E-state index in [2.05, 4.69) is 68.2 Å². The number of ether oxygens (including phenoxy) is 4. The number of fused-ring (bicyclic) bond motifs is 7. The van der Waals surface area contributed by atoms with Gasteiger partial charge in [-0.3, -0.25) is 32.4 Å². The summed E-state index contributed by atoms with van der Waals surface area (Å²) in [7, 11) is -27.3. The molecule has 0 radical (unpaired) electrons. The predicted molar refractivity (Wildman–Crippen MR) is 354 cm³/mol. The first kappa shape index (κ1) is 77.0. The summed E-state index contributed by atoms with van der Waals surface area (Å²) in [6.45, 7) is 10.9. The van der Waals surface area contributed by atoms with Crippen LogP contribution in [0.5, 0.6) is 57.5 Å². The minimum atomic E-state index is -5.68. The largest absolute Gasteiger partial charge is 0.492 e. The Bertz CT molecular complexity index is 4880. The molecule has 39 heteroatoms. The molecular weight excluding hydrogens is 1460 g/mol. The molecule has 7 N–H and O–H groups in total. The molecule has 0 saturated heterocycles. The van der Waals surface area contributed by atoms with Crippen LogP contribution in [0, 0.1) is 46.3 Å². The molecule has 560 valence electrons. The molecule has 6 aromatic rings. The summed E-state index contributed by atoms with van der Waals surface area (Å²) < 4.78 is 228. The van der Waals surface area contributed by atoms with Gasteiger partial charge in [0.1, 0.15) is 33.4 Å². The Labute approximate surface area is 584 Å². The molecule has 0 aliphatic heterocycles. The zero-order chi connectivity index (χ0) is 74.1. The van der Waals surface area contributed by atoms with Crippen molar-refractivity contribution in [3.8, 4) is 80.1 Å². The van der Waals surface area contributed by atoms with Crippen molar-refractivity contribution in [1.82, 2.24) is 0 Å². The molecule has 102 heavy (non-hydrogen) atoms. The second-order valence-corrected chi connectivity index (χ2v) is 31.4. The number of allylic oxidation sites excluding steroid dienone is 1. The van der Waals surface area contributed by atoms with Gasteiger partial charge in [-0.15, -0.1) is 0 Å². The highest BCUT2D eigenvalue weighted by Crippen LogP contribution is 2.67. The minimum Gasteiger partial charge on any atom is -0.492 e. The third kappa shape index (κ3) is 18.3. The van der Waals surface area contributed by atoms with Crippen molar-refractivity contribution in [3.63, 3.8) is 0 Å². The van der Waals surface area contributed by atoms with E-state index in [1.165, 1.54) is 50.5 Å². The molecule has 1 unspecified atom stereocenters. The van der Waals surface area contributed by atoms with E-state index in [4.69, 9.17) is 46.3 Å². The minimum absolute atomic E-state index is 0.0763. The van der Waals surface area contributed by atoms with Crippen LogP contribution in [0.25, 0.3) is 44.6 Å². The average Bonchev–Trinajstić information content (AvgIpc) is 1.39. The lowest BCUT2D eigenvalue weighted by atomic mass is 9.47. The van der Waals surface area contributed by atoms with E-state index < -0.39 is 173 Å². The van der Waals surface area contributed by atoms with Crippen LogP contribution in [-0.2, 0) is 66.8 Å². The lowest BCUT2D eigenvalue weighted by Crippen LogP contribution is -2.51. The van der Waals surface area contributed by atoms with Gasteiger partial charge in [0.15, 0.2) is 40.3 Å². The maximum absolute atomic E-state index is 14.6. The van der Waals surface area contributed by atoms with Gasteiger partial charge >= 0.3 is 52.0 Å². The van der Waals surface area contributed by atoms with Crippen LogP contribution in [0.1, 0.15) is 118 Å². The van der Waals surface area contributed by atoms with Crippen LogP contribution < -0.4 is 55.8 Å². The molecule has 2 aromatic heterocycles. The van der Waals surface area contributed by atoms with E-state index in [1.54, 1.807) is 0 Å². The summed E-state index contributed by atoms with van der Waals surface area (Å²) in [6.07, 6.45) is 14.9. The highest BCUT2D eigenvalue weighted by molar-refractivity contribution is 7.82. The first-order valence-corrected chi connectivity index (χ1v) is 38.8. The van der Waals surface area contributed by atoms with Gasteiger partial charge in [0.2, 0.25) is 28.1 Å². The molecule has 8 atom stereocenters. The van der Waals surface area contributed by atoms with Crippen molar-refractivity contribution in [3.05, 3.63) is 92.8 Å². The number of rotatable bonds is 33. The molecule has 4 aromatic carbocycles. The quantitative estimate of drug-likeness (QED) is 0.00661. The van der Waals surface area contributed by atoms with Gasteiger partial charge in [-0.25, -0.2) is 10.5 Å². The monoisotopic (exact) mass is 1530 g/mol. The number of hydrogen-bond acceptors (Lipinski definition) is 29. The van der Waals surface area contributed by atoms with Gasteiger partial charge in [0.25, 0.3) is 0 Å². The van der Waals surface area contributed by atoms with E-state index in [9.17, 15) is 79.7 Å². The summed E-state index contributed by atoms with van der Waals surface area (Å²) in [4.78, 5) is 38.0. The van der Waals surface area contributed by atoms with Crippen LogP contribution in [0.3, 0.4) is 0 Å². The Morgan fingerprint density at radius 2 is 1.04 bits per heavy atom. The molecule has 4 aliphatic rings. The van der Waals surface area contributed by atoms with Gasteiger partial charge in [0, 0.05) is 48.2 Å². The van der Waals surface area contributed by atoms with Crippen molar-refractivity contribution in [2.24, 2.45) is 46.3 Å². The number of benzene rings is 4. The van der Waals surface area contributed by atoms with Crippen LogP contribution in [0.15, 0.2) is 90.7 Å². The van der Waals surface area contributed by atoms with Crippen LogP contribution in [0.2, 0.25) is 0 Å². The van der Waals surface area contributed by atoms with E-state index >= 15 is 0 Å². The van der Waals surface area contributed by atoms with Gasteiger partial charge in [-0.1, -0.05) is 65.5 Å². The SMILES string of the molecule is CC(C)CCC[C@@H](C)[C@H]1CC[C@H]2[C@@H]3CC=C4CC(OCCCOc5cc(-c6oc7cc(OOO)cc(OCCCOc8cc(OS(=O)(=O)O)cc9oc(-c%10ccc(OOO)c(OS(=O)(=O)O)c%10)c(OS(=O)(=O)O)c(=O)c89)c7c(=O)c6OS(=O)(=O)O)ccc5OS(=O)(=O)O)CC[C@]4(C)[C@H]3CC[C@]12C. The first-order chi connectivity index (χ1) is 47.8.